The molecule has 23 heavy (non-hydrogen) atoms. The zero-order chi connectivity index (χ0) is 17.2. The molecule has 0 aliphatic carbocycles. The molecule has 0 unspecified atom stereocenters. The molecule has 1 aliphatic rings. The number of anilines is 1. The molecule has 2 rings (SSSR count). The maximum atomic E-state index is 12.2. The maximum Gasteiger partial charge on any atom is 0.410 e. The fourth-order valence-electron chi connectivity index (χ4n) is 2.47. The van der Waals surface area contributed by atoms with Crippen molar-refractivity contribution in [2.75, 3.05) is 24.5 Å². The van der Waals surface area contributed by atoms with Crippen LogP contribution >= 0.6 is 11.6 Å². The largest absolute Gasteiger partial charge is 0.444 e. The molecule has 0 spiro atoms. The van der Waals surface area contributed by atoms with Crippen molar-refractivity contribution in [2.24, 2.45) is 0 Å². The molecule has 124 valence electrons. The fraction of sp³-hybridized carbons (Fsp3) is 0.562. The van der Waals surface area contributed by atoms with Crippen LogP contribution in [0.2, 0.25) is 5.15 Å². The third kappa shape index (κ3) is 4.49. The number of hydrogen-bond acceptors (Lipinski definition) is 5. The summed E-state index contributed by atoms with van der Waals surface area (Å²) in [5.41, 5.74) is -0.0355. The number of ether oxygens (including phenoxy) is 1. The van der Waals surface area contributed by atoms with Crippen molar-refractivity contribution in [3.05, 3.63) is 22.8 Å². The first-order valence-electron chi connectivity index (χ1n) is 7.52. The number of rotatable bonds is 1. The number of amides is 1. The summed E-state index contributed by atoms with van der Waals surface area (Å²) in [4.78, 5) is 20.2. The van der Waals surface area contributed by atoms with Crippen molar-refractivity contribution in [2.45, 2.75) is 39.3 Å². The van der Waals surface area contributed by atoms with Gasteiger partial charge in [-0.1, -0.05) is 11.6 Å². The highest BCUT2D eigenvalue weighted by Crippen LogP contribution is 2.22. The molecule has 1 saturated heterocycles. The Bertz CT molecular complexity index is 636. The molecule has 0 N–H and O–H groups in total. The van der Waals surface area contributed by atoms with Gasteiger partial charge in [-0.25, -0.2) is 9.78 Å². The molecule has 0 saturated carbocycles. The molecule has 7 heteroatoms. The predicted molar refractivity (Wildman–Crippen MR) is 88.6 cm³/mol. The average molecular weight is 337 g/mol. The highest BCUT2D eigenvalue weighted by molar-refractivity contribution is 6.29. The first-order valence-corrected chi connectivity index (χ1v) is 7.89. The third-order valence-electron chi connectivity index (χ3n) is 3.49. The first kappa shape index (κ1) is 17.4. The fourth-order valence-corrected chi connectivity index (χ4v) is 2.67. The van der Waals surface area contributed by atoms with Crippen molar-refractivity contribution < 1.29 is 9.53 Å². The Kier molecular flexibility index (Phi) is 5.00. The molecule has 1 aromatic heterocycles. The lowest BCUT2D eigenvalue weighted by atomic mass is 10.2. The van der Waals surface area contributed by atoms with Crippen LogP contribution in [0.15, 0.2) is 12.1 Å². The monoisotopic (exact) mass is 336 g/mol. The lowest BCUT2D eigenvalue weighted by Crippen LogP contribution is -2.55. The van der Waals surface area contributed by atoms with Gasteiger partial charge in [-0.3, -0.25) is 0 Å². The van der Waals surface area contributed by atoms with E-state index in [4.69, 9.17) is 21.6 Å². The van der Waals surface area contributed by atoms with E-state index in [1.165, 1.54) is 6.07 Å². The molecule has 1 aromatic rings. The minimum atomic E-state index is -0.510. The van der Waals surface area contributed by atoms with Crippen molar-refractivity contribution in [3.8, 4) is 6.07 Å². The Morgan fingerprint density at radius 1 is 1.43 bits per heavy atom. The van der Waals surface area contributed by atoms with Gasteiger partial charge < -0.3 is 14.5 Å². The quantitative estimate of drug-likeness (QED) is 0.737. The van der Waals surface area contributed by atoms with Gasteiger partial charge in [0.05, 0.1) is 11.6 Å². The van der Waals surface area contributed by atoms with Crippen molar-refractivity contribution in [1.82, 2.24) is 9.88 Å². The summed E-state index contributed by atoms with van der Waals surface area (Å²) in [5.74, 6) is 0.657. The number of pyridine rings is 1. The van der Waals surface area contributed by atoms with Gasteiger partial charge in [0.15, 0.2) is 0 Å². The van der Waals surface area contributed by atoms with Crippen LogP contribution < -0.4 is 4.90 Å². The summed E-state index contributed by atoms with van der Waals surface area (Å²) < 4.78 is 5.43. The van der Waals surface area contributed by atoms with E-state index in [1.807, 2.05) is 32.6 Å². The van der Waals surface area contributed by atoms with Gasteiger partial charge in [-0.05, 0) is 39.8 Å². The van der Waals surface area contributed by atoms with E-state index in [9.17, 15) is 4.79 Å². The molecule has 1 fully saturated rings. The molecular weight excluding hydrogens is 316 g/mol. The van der Waals surface area contributed by atoms with Gasteiger partial charge >= 0.3 is 6.09 Å². The van der Waals surface area contributed by atoms with Gasteiger partial charge in [0.1, 0.15) is 16.6 Å². The van der Waals surface area contributed by atoms with Crippen LogP contribution in [-0.4, -0.2) is 47.3 Å². The van der Waals surface area contributed by atoms with Gasteiger partial charge in [-0.2, -0.15) is 5.26 Å². The van der Waals surface area contributed by atoms with E-state index >= 15 is 0 Å². The molecule has 1 amide bonds. The number of nitriles is 1. The number of aromatic nitrogens is 1. The predicted octanol–water partition coefficient (Wildman–Crippen LogP) is 3.05. The second-order valence-electron chi connectivity index (χ2n) is 6.62. The minimum absolute atomic E-state index is 0.0232. The van der Waals surface area contributed by atoms with Crippen LogP contribution in [0.25, 0.3) is 0 Å². The molecule has 0 bridgehead atoms. The minimum Gasteiger partial charge on any atom is -0.444 e. The Hall–Kier alpha value is -2.00. The SMILES string of the molecule is C[C@H]1CN(c2cc(C#N)cc(Cl)n2)CCN1C(=O)OC(C)(C)C. The van der Waals surface area contributed by atoms with E-state index < -0.39 is 5.60 Å². The zero-order valence-electron chi connectivity index (χ0n) is 13.8. The Morgan fingerprint density at radius 3 is 2.70 bits per heavy atom. The third-order valence-corrected chi connectivity index (χ3v) is 3.68. The molecule has 2 heterocycles. The lowest BCUT2D eigenvalue weighted by molar-refractivity contribution is 0.0158. The standard InChI is InChI=1S/C16H21ClN4O2/c1-11-10-20(14-8-12(9-18)7-13(17)19-14)5-6-21(11)15(22)23-16(2,3)4/h7-8,11H,5-6,10H2,1-4H3/t11-/m0/s1. The summed E-state index contributed by atoms with van der Waals surface area (Å²) >= 11 is 5.96. The topological polar surface area (TPSA) is 69.5 Å². The van der Waals surface area contributed by atoms with E-state index in [2.05, 4.69) is 11.1 Å². The summed E-state index contributed by atoms with van der Waals surface area (Å²) in [7, 11) is 0. The van der Waals surface area contributed by atoms with Gasteiger partial charge in [-0.15, -0.1) is 0 Å². The van der Waals surface area contributed by atoms with Gasteiger partial charge in [0.2, 0.25) is 0 Å². The highest BCUT2D eigenvalue weighted by atomic mass is 35.5. The summed E-state index contributed by atoms with van der Waals surface area (Å²) in [6, 6.07) is 5.30. The summed E-state index contributed by atoms with van der Waals surface area (Å²) in [5, 5.41) is 9.33. The number of nitrogens with zero attached hydrogens (tertiary/aromatic N) is 4. The van der Waals surface area contributed by atoms with Gasteiger partial charge in [0.25, 0.3) is 0 Å². The van der Waals surface area contributed by atoms with Crippen LogP contribution in [0.5, 0.6) is 0 Å². The molecule has 1 aliphatic heterocycles. The average Bonchev–Trinajstić information content (AvgIpc) is 2.44. The number of hydrogen-bond donors (Lipinski definition) is 0. The van der Waals surface area contributed by atoms with Crippen LogP contribution in [-0.2, 0) is 4.74 Å². The normalized spacial score (nSPS) is 18.5. The smallest absolute Gasteiger partial charge is 0.410 e. The first-order chi connectivity index (χ1) is 10.7. The van der Waals surface area contributed by atoms with Crippen molar-refractivity contribution >= 4 is 23.5 Å². The zero-order valence-corrected chi connectivity index (χ0v) is 14.6. The Morgan fingerprint density at radius 2 is 2.13 bits per heavy atom. The summed E-state index contributed by atoms with van der Waals surface area (Å²) in [6.45, 7) is 9.28. The second kappa shape index (κ2) is 6.63. The molecule has 6 nitrogen and oxygen atoms in total. The van der Waals surface area contributed by atoms with Crippen molar-refractivity contribution in [3.63, 3.8) is 0 Å². The van der Waals surface area contributed by atoms with Crippen LogP contribution in [0, 0.1) is 11.3 Å². The molecule has 0 radical (unpaired) electrons. The van der Waals surface area contributed by atoms with Crippen LogP contribution in [0.1, 0.15) is 33.3 Å². The van der Waals surface area contributed by atoms with E-state index in [0.717, 1.165) is 0 Å². The van der Waals surface area contributed by atoms with Gasteiger partial charge in [0, 0.05) is 25.7 Å². The number of carbonyl (C=O) groups is 1. The van der Waals surface area contributed by atoms with E-state index in [0.29, 0.717) is 36.2 Å². The molecule has 1 atom stereocenters. The van der Waals surface area contributed by atoms with Crippen molar-refractivity contribution in [1.29, 1.82) is 5.26 Å². The lowest BCUT2D eigenvalue weighted by Gasteiger charge is -2.40. The number of carbonyl (C=O) groups excluding carboxylic acids is 1. The number of piperazine rings is 1. The molecular formula is C16H21ClN4O2. The van der Waals surface area contributed by atoms with E-state index in [1.54, 1.807) is 11.0 Å². The Labute approximate surface area is 141 Å². The summed E-state index contributed by atoms with van der Waals surface area (Å²) in [6.07, 6.45) is -0.304. The van der Waals surface area contributed by atoms with Crippen LogP contribution in [0.4, 0.5) is 10.6 Å². The van der Waals surface area contributed by atoms with Crippen LogP contribution in [0.3, 0.4) is 0 Å². The second-order valence-corrected chi connectivity index (χ2v) is 7.00. The van der Waals surface area contributed by atoms with E-state index in [-0.39, 0.29) is 12.1 Å². The Balaban J connectivity index is 2.08. The number of halogens is 1. The maximum absolute atomic E-state index is 12.2. The molecule has 0 aromatic carbocycles. The highest BCUT2D eigenvalue weighted by Gasteiger charge is 2.31.